The Hall–Kier alpha value is 0.1000. The molecular weight excluding hydrogens is 632 g/mol. The molecule has 0 saturated heterocycles. The summed E-state index contributed by atoms with van der Waals surface area (Å²) in [7, 11) is 0. The number of aryl methyl sites for hydroxylation is 2. The molecule has 2 rings (SSSR count). The molecule has 38 heavy (non-hydrogen) atoms. The lowest BCUT2D eigenvalue weighted by Crippen LogP contribution is -1.88. The molecule has 2 aromatic rings. The Morgan fingerprint density at radius 3 is 1.08 bits per heavy atom. The van der Waals surface area contributed by atoms with Gasteiger partial charge in [0, 0.05) is 9.75 Å². The molecule has 0 spiro atoms. The van der Waals surface area contributed by atoms with Crippen LogP contribution >= 0.6 is 54.5 Å². The number of hydrogen-bond donors (Lipinski definition) is 0. The van der Waals surface area contributed by atoms with E-state index in [0.29, 0.717) is 0 Å². The van der Waals surface area contributed by atoms with E-state index >= 15 is 0 Å². The zero-order valence-electron chi connectivity index (χ0n) is 24.4. The van der Waals surface area contributed by atoms with E-state index in [2.05, 4.69) is 70.0 Å². The monoisotopic (exact) mass is 684 g/mol. The number of rotatable bonds is 24. The normalized spacial score (nSPS) is 11.8. The third kappa shape index (κ3) is 15.8. The van der Waals surface area contributed by atoms with E-state index in [1.165, 1.54) is 170 Å². The van der Waals surface area contributed by atoms with Gasteiger partial charge in [-0.1, -0.05) is 129 Å². The summed E-state index contributed by atoms with van der Waals surface area (Å²) in [5, 5.41) is 0. The second-order valence-electron chi connectivity index (χ2n) is 11.1. The maximum atomic E-state index is 3.75. The zero-order valence-corrected chi connectivity index (χ0v) is 29.2. The summed E-state index contributed by atoms with van der Waals surface area (Å²) in [6, 6.07) is 4.71. The van der Waals surface area contributed by atoms with Crippen molar-refractivity contribution in [2.75, 3.05) is 0 Å². The molecule has 2 aromatic heterocycles. The fourth-order valence-corrected chi connectivity index (χ4v) is 8.52. The Morgan fingerprint density at radius 1 is 0.474 bits per heavy atom. The highest BCUT2D eigenvalue weighted by molar-refractivity contribution is 9.11. The highest BCUT2D eigenvalue weighted by atomic mass is 79.9. The van der Waals surface area contributed by atoms with Gasteiger partial charge in [-0.3, -0.25) is 0 Å². The average Bonchev–Trinajstić information content (AvgIpc) is 3.45. The molecular formula is C34H54Br2S2. The molecule has 0 saturated carbocycles. The van der Waals surface area contributed by atoms with Crippen LogP contribution in [0.15, 0.2) is 19.7 Å². The van der Waals surface area contributed by atoms with Crippen molar-refractivity contribution < 1.29 is 0 Å². The van der Waals surface area contributed by atoms with Gasteiger partial charge in [0.15, 0.2) is 0 Å². The Kier molecular flexibility index (Phi) is 20.5. The van der Waals surface area contributed by atoms with Crippen molar-refractivity contribution in [3.05, 3.63) is 40.6 Å². The molecule has 4 heteroatoms. The minimum atomic E-state index is 1.21. The van der Waals surface area contributed by atoms with Gasteiger partial charge in [-0.15, -0.1) is 22.7 Å². The second-order valence-corrected chi connectivity index (χ2v) is 16.0. The maximum Gasteiger partial charge on any atom is 0.0707 e. The molecule has 0 aliphatic carbocycles. The highest BCUT2D eigenvalue weighted by Crippen LogP contribution is 2.33. The Bertz CT molecular complexity index is 794. The van der Waals surface area contributed by atoms with Crippen LogP contribution in [0.2, 0.25) is 0 Å². The van der Waals surface area contributed by atoms with Crippen molar-refractivity contribution >= 4 is 66.7 Å². The first-order valence-electron chi connectivity index (χ1n) is 15.9. The minimum absolute atomic E-state index is 1.21. The van der Waals surface area contributed by atoms with Gasteiger partial charge in [0.2, 0.25) is 0 Å². The maximum absolute atomic E-state index is 3.75. The van der Waals surface area contributed by atoms with Crippen LogP contribution in [0.3, 0.4) is 0 Å². The molecule has 0 fully saturated rings. The molecule has 0 aliphatic heterocycles. The quantitative estimate of drug-likeness (QED) is 0.0965. The number of unbranched alkanes of at least 4 members (excludes halogenated alkanes) is 18. The van der Waals surface area contributed by atoms with Gasteiger partial charge < -0.3 is 0 Å². The molecule has 0 amide bonds. The van der Waals surface area contributed by atoms with Crippen LogP contribution in [0.4, 0.5) is 0 Å². The molecule has 2 heterocycles. The van der Waals surface area contributed by atoms with Crippen LogP contribution in [0, 0.1) is 0 Å². The summed E-state index contributed by atoms with van der Waals surface area (Å²) in [5.41, 5.74) is 3.04. The van der Waals surface area contributed by atoms with Gasteiger partial charge in [-0.2, -0.15) is 0 Å². The smallest absolute Gasteiger partial charge is 0.0707 e. The summed E-state index contributed by atoms with van der Waals surface area (Å²) < 4.78 is 2.52. The standard InChI is InChI=1S/C34H54Br2S2/c1-3-5-7-9-11-13-15-17-19-21-23-29-27-33(35)37-31(29)25-26-32-30(28-34(36)38-32)24-22-20-18-16-14-12-10-8-6-4-2/h25-28H,3-24H2,1-2H3/b26-25+. The largest absolute Gasteiger partial charge is 0.129 e. The Balaban J connectivity index is 1.69. The SMILES string of the molecule is CCCCCCCCCCCCc1cc(Br)sc1/C=C/c1sc(Br)cc1CCCCCCCCCCCC. The van der Waals surface area contributed by atoms with Gasteiger partial charge in [0.25, 0.3) is 0 Å². The number of hydrogen-bond acceptors (Lipinski definition) is 2. The van der Waals surface area contributed by atoms with Crippen molar-refractivity contribution in [3.63, 3.8) is 0 Å². The fraction of sp³-hybridized carbons (Fsp3) is 0.706. The van der Waals surface area contributed by atoms with Crippen LogP contribution in [-0.2, 0) is 12.8 Å². The fourth-order valence-electron chi connectivity index (χ4n) is 5.25. The van der Waals surface area contributed by atoms with Crippen LogP contribution in [-0.4, -0.2) is 0 Å². The van der Waals surface area contributed by atoms with Crippen molar-refractivity contribution in [1.82, 2.24) is 0 Å². The third-order valence-corrected chi connectivity index (χ3v) is 10.9. The summed E-state index contributed by atoms with van der Waals surface area (Å²) in [6.07, 6.45) is 35.2. The lowest BCUT2D eigenvalue weighted by molar-refractivity contribution is 0.556. The molecule has 0 nitrogen and oxygen atoms in total. The van der Waals surface area contributed by atoms with E-state index in [-0.39, 0.29) is 0 Å². The third-order valence-electron chi connectivity index (χ3n) is 7.61. The van der Waals surface area contributed by atoms with Crippen LogP contribution in [0.25, 0.3) is 12.2 Å². The van der Waals surface area contributed by atoms with Gasteiger partial charge in [-0.05, 0) is 93.0 Å². The van der Waals surface area contributed by atoms with Crippen LogP contribution < -0.4 is 0 Å². The van der Waals surface area contributed by atoms with Crippen molar-refractivity contribution in [2.45, 2.75) is 155 Å². The summed E-state index contributed by atoms with van der Waals surface area (Å²) >= 11 is 11.3. The van der Waals surface area contributed by atoms with E-state index in [9.17, 15) is 0 Å². The number of thiophene rings is 2. The van der Waals surface area contributed by atoms with Gasteiger partial charge in [0.1, 0.15) is 0 Å². The molecule has 0 atom stereocenters. The van der Waals surface area contributed by atoms with Gasteiger partial charge in [0.05, 0.1) is 7.57 Å². The minimum Gasteiger partial charge on any atom is -0.129 e. The lowest BCUT2D eigenvalue weighted by Gasteiger charge is -2.04. The summed E-state index contributed by atoms with van der Waals surface area (Å²) in [5.74, 6) is 0. The molecule has 0 unspecified atom stereocenters. The molecule has 216 valence electrons. The zero-order chi connectivity index (χ0) is 27.3. The van der Waals surface area contributed by atoms with E-state index < -0.39 is 0 Å². The van der Waals surface area contributed by atoms with E-state index in [1.807, 2.05) is 22.7 Å². The van der Waals surface area contributed by atoms with Crippen molar-refractivity contribution in [3.8, 4) is 0 Å². The van der Waals surface area contributed by atoms with E-state index in [4.69, 9.17) is 0 Å². The van der Waals surface area contributed by atoms with E-state index in [1.54, 1.807) is 0 Å². The van der Waals surface area contributed by atoms with Crippen LogP contribution in [0.1, 0.15) is 163 Å². The summed E-state index contributed by atoms with van der Waals surface area (Å²) in [6.45, 7) is 4.59. The topological polar surface area (TPSA) is 0 Å². The number of halogens is 2. The van der Waals surface area contributed by atoms with Gasteiger partial charge >= 0.3 is 0 Å². The second kappa shape index (κ2) is 22.8. The highest BCUT2D eigenvalue weighted by Gasteiger charge is 2.08. The molecule has 0 radical (unpaired) electrons. The molecule has 0 bridgehead atoms. The lowest BCUT2D eigenvalue weighted by atomic mass is 10.0. The van der Waals surface area contributed by atoms with E-state index in [0.717, 1.165) is 0 Å². The molecule has 0 aliphatic rings. The first kappa shape index (κ1) is 34.3. The van der Waals surface area contributed by atoms with Crippen molar-refractivity contribution in [1.29, 1.82) is 0 Å². The Morgan fingerprint density at radius 2 is 0.763 bits per heavy atom. The van der Waals surface area contributed by atoms with Gasteiger partial charge in [-0.25, -0.2) is 0 Å². The molecule has 0 N–H and O–H groups in total. The average molecular weight is 687 g/mol. The predicted octanol–water partition coefficient (Wildman–Crippen LogP) is 14.4. The van der Waals surface area contributed by atoms with Crippen LogP contribution in [0.5, 0.6) is 0 Å². The summed E-state index contributed by atoms with van der Waals surface area (Å²) in [4.78, 5) is 2.87. The molecule has 0 aromatic carbocycles. The first-order chi connectivity index (χ1) is 18.6. The first-order valence-corrected chi connectivity index (χ1v) is 19.1. The van der Waals surface area contributed by atoms with Crippen molar-refractivity contribution in [2.24, 2.45) is 0 Å². The Labute approximate surface area is 260 Å². The predicted molar refractivity (Wildman–Crippen MR) is 184 cm³/mol.